The minimum Gasteiger partial charge on any atom is -0.330 e. The number of carbonyl (C=O) groups excluding carboxylic acids is 1. The Kier molecular flexibility index (Phi) is 7.66. The lowest BCUT2D eigenvalue weighted by Crippen LogP contribution is -2.42. The first-order chi connectivity index (χ1) is 17.4. The van der Waals surface area contributed by atoms with E-state index in [0.717, 1.165) is 53.3 Å². The Morgan fingerprint density at radius 3 is 2.36 bits per heavy atom. The number of thiophene rings is 1. The zero-order chi connectivity index (χ0) is 25.2. The zero-order valence-electron chi connectivity index (χ0n) is 20.1. The summed E-state index contributed by atoms with van der Waals surface area (Å²) < 4.78 is 16.1. The fraction of sp³-hybridized carbons (Fsp3) is 0.300. The third-order valence-corrected chi connectivity index (χ3v) is 9.30. The standard InChI is InChI=1S/C30H28Cl2FNOS/c1-2-19-7-14-24(15-8-19)34(30(35)29-28(32)25-5-3-4-6-27(25)36-29)18-22-17-21(11-16-26(22)33)20-9-12-23(31)13-10-20/h3-6,9-13,16-17,19,24H,2,7-8,14-15,18H2,1H3. The fourth-order valence-electron chi connectivity index (χ4n) is 5.21. The third kappa shape index (κ3) is 5.18. The number of rotatable bonds is 6. The molecule has 0 aliphatic heterocycles. The molecule has 1 heterocycles. The van der Waals surface area contributed by atoms with Crippen molar-refractivity contribution in [2.24, 2.45) is 5.92 Å². The smallest absolute Gasteiger partial charge is 0.266 e. The molecule has 36 heavy (non-hydrogen) atoms. The van der Waals surface area contributed by atoms with E-state index in [4.69, 9.17) is 23.2 Å². The number of carbonyl (C=O) groups is 1. The van der Waals surface area contributed by atoms with Gasteiger partial charge in [-0.05, 0) is 73.1 Å². The number of halogens is 3. The molecule has 0 N–H and O–H groups in total. The molecular weight excluding hydrogens is 512 g/mol. The summed E-state index contributed by atoms with van der Waals surface area (Å²) in [5.74, 6) is 0.267. The normalized spacial score (nSPS) is 17.9. The van der Waals surface area contributed by atoms with Crippen LogP contribution in [0.5, 0.6) is 0 Å². The maximum atomic E-state index is 15.1. The largest absolute Gasteiger partial charge is 0.330 e. The fourth-order valence-corrected chi connectivity index (χ4v) is 6.81. The number of amides is 1. The number of nitrogens with zero attached hydrogens (tertiary/aromatic N) is 1. The van der Waals surface area contributed by atoms with E-state index in [2.05, 4.69) is 6.92 Å². The highest BCUT2D eigenvalue weighted by atomic mass is 35.5. The second kappa shape index (κ2) is 10.9. The van der Waals surface area contributed by atoms with E-state index in [0.29, 0.717) is 26.4 Å². The van der Waals surface area contributed by atoms with Crippen LogP contribution in [0.3, 0.4) is 0 Å². The second-order valence-electron chi connectivity index (χ2n) is 9.57. The molecule has 0 bridgehead atoms. The van der Waals surface area contributed by atoms with E-state index in [1.165, 1.54) is 17.4 Å². The predicted molar refractivity (Wildman–Crippen MR) is 150 cm³/mol. The molecule has 1 fully saturated rings. The Morgan fingerprint density at radius 2 is 1.67 bits per heavy atom. The van der Waals surface area contributed by atoms with Crippen molar-refractivity contribution < 1.29 is 9.18 Å². The lowest BCUT2D eigenvalue weighted by molar-refractivity contribution is 0.0590. The maximum Gasteiger partial charge on any atom is 0.266 e. The highest BCUT2D eigenvalue weighted by Gasteiger charge is 2.32. The van der Waals surface area contributed by atoms with E-state index in [9.17, 15) is 4.79 Å². The van der Waals surface area contributed by atoms with Gasteiger partial charge < -0.3 is 4.90 Å². The van der Waals surface area contributed by atoms with Crippen molar-refractivity contribution in [3.8, 4) is 11.1 Å². The average molecular weight is 541 g/mol. The van der Waals surface area contributed by atoms with Crippen LogP contribution in [0.1, 0.15) is 54.3 Å². The number of hydrogen-bond acceptors (Lipinski definition) is 2. The first-order valence-corrected chi connectivity index (χ1v) is 14.0. The lowest BCUT2D eigenvalue weighted by atomic mass is 9.83. The van der Waals surface area contributed by atoms with Crippen LogP contribution in [0.4, 0.5) is 4.39 Å². The molecular formula is C30H28Cl2FNOS. The van der Waals surface area contributed by atoms with Crippen molar-refractivity contribution >= 4 is 50.5 Å². The van der Waals surface area contributed by atoms with Gasteiger partial charge in [0.25, 0.3) is 5.91 Å². The lowest BCUT2D eigenvalue weighted by Gasteiger charge is -2.37. The number of benzene rings is 3. The van der Waals surface area contributed by atoms with Gasteiger partial charge in [0.05, 0.1) is 5.02 Å². The third-order valence-electron chi connectivity index (χ3n) is 7.39. The van der Waals surface area contributed by atoms with Crippen LogP contribution in [0, 0.1) is 11.7 Å². The summed E-state index contributed by atoms with van der Waals surface area (Å²) in [5.41, 5.74) is 2.35. The zero-order valence-corrected chi connectivity index (χ0v) is 22.5. The molecule has 1 saturated carbocycles. The molecule has 186 valence electrons. The van der Waals surface area contributed by atoms with Crippen LogP contribution in [0.15, 0.2) is 66.7 Å². The molecule has 0 atom stereocenters. The summed E-state index contributed by atoms with van der Waals surface area (Å²) in [6, 6.07) is 20.5. The summed E-state index contributed by atoms with van der Waals surface area (Å²) >= 11 is 14.2. The molecule has 4 aromatic rings. The molecule has 3 aromatic carbocycles. The van der Waals surface area contributed by atoms with E-state index in [1.54, 1.807) is 6.07 Å². The van der Waals surface area contributed by atoms with Gasteiger partial charge in [0.2, 0.25) is 0 Å². The predicted octanol–water partition coefficient (Wildman–Crippen LogP) is 9.63. The minimum atomic E-state index is -0.310. The van der Waals surface area contributed by atoms with Crippen LogP contribution in [-0.2, 0) is 6.54 Å². The molecule has 1 amide bonds. The summed E-state index contributed by atoms with van der Waals surface area (Å²) in [6.45, 7) is 2.43. The Bertz CT molecular complexity index is 1380. The van der Waals surface area contributed by atoms with Crippen LogP contribution >= 0.6 is 34.5 Å². The molecule has 0 spiro atoms. The van der Waals surface area contributed by atoms with Crippen molar-refractivity contribution in [2.75, 3.05) is 0 Å². The van der Waals surface area contributed by atoms with Crippen LogP contribution < -0.4 is 0 Å². The van der Waals surface area contributed by atoms with Gasteiger partial charge in [-0.25, -0.2) is 4.39 Å². The highest BCUT2D eigenvalue weighted by Crippen LogP contribution is 2.38. The molecule has 1 aliphatic rings. The number of hydrogen-bond donors (Lipinski definition) is 0. The van der Waals surface area contributed by atoms with Crippen molar-refractivity contribution in [1.82, 2.24) is 4.90 Å². The van der Waals surface area contributed by atoms with Gasteiger partial charge in [0, 0.05) is 33.3 Å². The SMILES string of the molecule is CCC1CCC(N(Cc2cc(-c3ccc(Cl)cc3)ccc2F)C(=O)c2sc3ccccc3c2Cl)CC1. The Labute approximate surface area is 225 Å². The number of fused-ring (bicyclic) bond motifs is 1. The molecule has 0 unspecified atom stereocenters. The molecule has 0 radical (unpaired) electrons. The molecule has 6 heteroatoms. The van der Waals surface area contributed by atoms with E-state index in [-0.39, 0.29) is 24.3 Å². The average Bonchev–Trinajstić information content (AvgIpc) is 3.25. The van der Waals surface area contributed by atoms with Gasteiger partial charge in [-0.1, -0.05) is 72.9 Å². The van der Waals surface area contributed by atoms with Crippen molar-refractivity contribution in [2.45, 2.75) is 51.6 Å². The van der Waals surface area contributed by atoms with E-state index in [1.807, 2.05) is 59.5 Å². The Morgan fingerprint density at radius 1 is 0.972 bits per heavy atom. The van der Waals surface area contributed by atoms with Gasteiger partial charge in [-0.3, -0.25) is 4.79 Å². The van der Waals surface area contributed by atoms with Crippen LogP contribution in [0.2, 0.25) is 10.0 Å². The molecule has 5 rings (SSSR count). The van der Waals surface area contributed by atoms with E-state index < -0.39 is 0 Å². The van der Waals surface area contributed by atoms with E-state index >= 15 is 4.39 Å². The topological polar surface area (TPSA) is 20.3 Å². The van der Waals surface area contributed by atoms with Crippen LogP contribution in [0.25, 0.3) is 21.2 Å². The van der Waals surface area contributed by atoms with Gasteiger partial charge in [0.15, 0.2) is 0 Å². The monoisotopic (exact) mass is 539 g/mol. The Balaban J connectivity index is 1.50. The maximum absolute atomic E-state index is 15.1. The summed E-state index contributed by atoms with van der Waals surface area (Å²) in [5, 5.41) is 2.03. The first-order valence-electron chi connectivity index (χ1n) is 12.5. The molecule has 2 nitrogen and oxygen atoms in total. The first kappa shape index (κ1) is 25.3. The summed E-state index contributed by atoms with van der Waals surface area (Å²) in [4.78, 5) is 16.4. The Hall–Kier alpha value is -2.40. The van der Waals surface area contributed by atoms with Gasteiger partial charge >= 0.3 is 0 Å². The summed E-state index contributed by atoms with van der Waals surface area (Å²) in [6.07, 6.45) is 5.16. The molecule has 0 saturated heterocycles. The second-order valence-corrected chi connectivity index (χ2v) is 11.4. The van der Waals surface area contributed by atoms with Crippen molar-refractivity contribution in [3.05, 3.63) is 93.0 Å². The van der Waals surface area contributed by atoms with Crippen molar-refractivity contribution in [3.63, 3.8) is 0 Å². The molecule has 1 aliphatic carbocycles. The highest BCUT2D eigenvalue weighted by molar-refractivity contribution is 7.21. The quantitative estimate of drug-likeness (QED) is 0.238. The van der Waals surface area contributed by atoms with Crippen LogP contribution in [-0.4, -0.2) is 16.8 Å². The minimum absolute atomic E-state index is 0.0557. The van der Waals surface area contributed by atoms with Gasteiger partial charge in [0.1, 0.15) is 10.7 Å². The van der Waals surface area contributed by atoms with Gasteiger partial charge in [-0.2, -0.15) is 0 Å². The molecule has 1 aromatic heterocycles. The van der Waals surface area contributed by atoms with Gasteiger partial charge in [-0.15, -0.1) is 11.3 Å². The van der Waals surface area contributed by atoms with Crippen molar-refractivity contribution in [1.29, 1.82) is 0 Å². The summed E-state index contributed by atoms with van der Waals surface area (Å²) in [7, 11) is 0.